The highest BCUT2D eigenvalue weighted by Crippen LogP contribution is 2.06. The first kappa shape index (κ1) is 12.4. The molecule has 0 fully saturated rings. The molecule has 0 spiro atoms. The number of amides is 1. The molecule has 0 aromatic carbocycles. The third kappa shape index (κ3) is 3.51. The number of carbonyl (C=O) groups is 1. The Bertz CT molecular complexity index is 377. The van der Waals surface area contributed by atoms with Gasteiger partial charge in [-0.3, -0.25) is 4.79 Å². The third-order valence-electron chi connectivity index (χ3n) is 2.23. The van der Waals surface area contributed by atoms with Crippen molar-refractivity contribution in [1.82, 2.24) is 10.3 Å². The summed E-state index contributed by atoms with van der Waals surface area (Å²) in [5.74, 6) is 0.0797. The Balaban J connectivity index is 2.60. The van der Waals surface area contributed by atoms with Gasteiger partial charge >= 0.3 is 0 Å². The maximum absolute atomic E-state index is 11.7. The van der Waals surface area contributed by atoms with Gasteiger partial charge in [0.15, 0.2) is 0 Å². The van der Waals surface area contributed by atoms with Gasteiger partial charge in [0.25, 0.3) is 5.91 Å². The summed E-state index contributed by atoms with van der Waals surface area (Å²) in [7, 11) is 1.60. The minimum Gasteiger partial charge on any atom is -0.384 e. The number of ether oxygens (including phenoxy) is 1. The van der Waals surface area contributed by atoms with E-state index in [1.807, 2.05) is 13.8 Å². The molecule has 1 rings (SSSR count). The van der Waals surface area contributed by atoms with Crippen LogP contribution in [0.25, 0.3) is 0 Å². The summed E-state index contributed by atoms with van der Waals surface area (Å²) in [5.41, 5.74) is 5.41. The van der Waals surface area contributed by atoms with Gasteiger partial charge in [0.2, 0.25) is 0 Å². The van der Waals surface area contributed by atoms with E-state index in [2.05, 4.69) is 10.3 Å². The van der Waals surface area contributed by atoms with E-state index in [4.69, 9.17) is 10.5 Å². The molecular weight excluding hydrogens is 206 g/mol. The van der Waals surface area contributed by atoms with E-state index in [1.165, 1.54) is 0 Å². The number of pyridine rings is 1. The van der Waals surface area contributed by atoms with Gasteiger partial charge in [-0.2, -0.15) is 0 Å². The van der Waals surface area contributed by atoms with Crippen molar-refractivity contribution < 1.29 is 9.53 Å². The van der Waals surface area contributed by atoms with Crippen LogP contribution in [-0.2, 0) is 4.74 Å². The second kappa shape index (κ2) is 4.94. The van der Waals surface area contributed by atoms with Crippen LogP contribution in [0.2, 0.25) is 0 Å². The molecule has 1 amide bonds. The first-order valence-electron chi connectivity index (χ1n) is 5.00. The van der Waals surface area contributed by atoms with E-state index in [1.54, 1.807) is 25.3 Å². The highest BCUT2D eigenvalue weighted by molar-refractivity contribution is 5.92. The quantitative estimate of drug-likeness (QED) is 0.792. The number of aromatic nitrogens is 1. The van der Waals surface area contributed by atoms with Crippen molar-refractivity contribution in [3.05, 3.63) is 23.9 Å². The lowest BCUT2D eigenvalue weighted by Crippen LogP contribution is -2.40. The van der Waals surface area contributed by atoms with E-state index < -0.39 is 5.60 Å². The Kier molecular flexibility index (Phi) is 3.84. The van der Waals surface area contributed by atoms with Crippen molar-refractivity contribution >= 4 is 11.7 Å². The SMILES string of the molecule is COC(C)(C)CNC(=O)c1cccc(N)n1. The lowest BCUT2D eigenvalue weighted by atomic mass is 10.1. The van der Waals surface area contributed by atoms with Crippen LogP contribution < -0.4 is 11.1 Å². The van der Waals surface area contributed by atoms with Crippen LogP contribution in [0.5, 0.6) is 0 Å². The van der Waals surface area contributed by atoms with Crippen LogP contribution >= 0.6 is 0 Å². The van der Waals surface area contributed by atoms with Gasteiger partial charge < -0.3 is 15.8 Å². The Morgan fingerprint density at radius 3 is 2.81 bits per heavy atom. The zero-order chi connectivity index (χ0) is 12.2. The van der Waals surface area contributed by atoms with Crippen molar-refractivity contribution in [3.8, 4) is 0 Å². The van der Waals surface area contributed by atoms with Gasteiger partial charge in [-0.1, -0.05) is 6.07 Å². The van der Waals surface area contributed by atoms with E-state index in [0.717, 1.165) is 0 Å². The largest absolute Gasteiger partial charge is 0.384 e. The topological polar surface area (TPSA) is 77.2 Å². The van der Waals surface area contributed by atoms with Crippen LogP contribution in [0.15, 0.2) is 18.2 Å². The smallest absolute Gasteiger partial charge is 0.270 e. The molecule has 0 saturated carbocycles. The number of rotatable bonds is 4. The van der Waals surface area contributed by atoms with Crippen LogP contribution in [0.3, 0.4) is 0 Å². The van der Waals surface area contributed by atoms with E-state index in [0.29, 0.717) is 18.1 Å². The zero-order valence-electron chi connectivity index (χ0n) is 9.78. The lowest BCUT2D eigenvalue weighted by Gasteiger charge is -2.22. The van der Waals surface area contributed by atoms with Crippen molar-refractivity contribution in [2.45, 2.75) is 19.4 Å². The average molecular weight is 223 g/mol. The van der Waals surface area contributed by atoms with E-state index >= 15 is 0 Å². The maximum atomic E-state index is 11.7. The van der Waals surface area contributed by atoms with Gasteiger partial charge in [-0.25, -0.2) is 4.98 Å². The molecule has 3 N–H and O–H groups in total. The number of nitrogens with one attached hydrogen (secondary N) is 1. The summed E-state index contributed by atoms with van der Waals surface area (Å²) >= 11 is 0. The van der Waals surface area contributed by atoms with Crippen LogP contribution in [0, 0.1) is 0 Å². The summed E-state index contributed by atoms with van der Waals surface area (Å²) in [6.07, 6.45) is 0. The highest BCUT2D eigenvalue weighted by Gasteiger charge is 2.18. The van der Waals surface area contributed by atoms with E-state index in [-0.39, 0.29) is 5.91 Å². The van der Waals surface area contributed by atoms with Crippen LogP contribution in [0.1, 0.15) is 24.3 Å². The molecule has 1 aromatic heterocycles. The van der Waals surface area contributed by atoms with Crippen LogP contribution in [-0.4, -0.2) is 30.1 Å². The number of nitrogens with zero attached hydrogens (tertiary/aromatic N) is 1. The molecule has 88 valence electrons. The molecule has 0 atom stereocenters. The highest BCUT2D eigenvalue weighted by atomic mass is 16.5. The van der Waals surface area contributed by atoms with Gasteiger partial charge in [-0.05, 0) is 26.0 Å². The number of nitrogens with two attached hydrogens (primary N) is 1. The molecular formula is C11H17N3O2. The monoisotopic (exact) mass is 223 g/mol. The van der Waals surface area contributed by atoms with Crippen molar-refractivity contribution in [2.75, 3.05) is 19.4 Å². The third-order valence-corrected chi connectivity index (χ3v) is 2.23. The Morgan fingerprint density at radius 2 is 2.25 bits per heavy atom. The van der Waals surface area contributed by atoms with Crippen molar-refractivity contribution in [1.29, 1.82) is 0 Å². The molecule has 16 heavy (non-hydrogen) atoms. The molecule has 1 aromatic rings. The predicted molar refractivity (Wildman–Crippen MR) is 62.1 cm³/mol. The van der Waals surface area contributed by atoms with Gasteiger partial charge in [0.05, 0.1) is 5.60 Å². The summed E-state index contributed by atoms with van der Waals surface area (Å²) in [4.78, 5) is 15.6. The fourth-order valence-electron chi connectivity index (χ4n) is 1.03. The average Bonchev–Trinajstić information content (AvgIpc) is 2.26. The second-order valence-corrected chi connectivity index (χ2v) is 4.09. The van der Waals surface area contributed by atoms with Gasteiger partial charge in [0, 0.05) is 13.7 Å². The fraction of sp³-hybridized carbons (Fsp3) is 0.455. The van der Waals surface area contributed by atoms with Gasteiger partial charge in [0.1, 0.15) is 11.5 Å². The Morgan fingerprint density at radius 1 is 1.56 bits per heavy atom. The summed E-state index contributed by atoms with van der Waals surface area (Å²) < 4.78 is 5.19. The molecule has 0 aliphatic rings. The lowest BCUT2D eigenvalue weighted by molar-refractivity contribution is 0.0228. The van der Waals surface area contributed by atoms with Crippen LogP contribution in [0.4, 0.5) is 5.82 Å². The molecule has 5 nitrogen and oxygen atoms in total. The molecule has 1 heterocycles. The first-order valence-corrected chi connectivity index (χ1v) is 5.00. The minimum absolute atomic E-state index is 0.252. The molecule has 5 heteroatoms. The zero-order valence-corrected chi connectivity index (χ0v) is 9.78. The normalized spacial score (nSPS) is 11.2. The molecule has 0 radical (unpaired) electrons. The number of methoxy groups -OCH3 is 1. The second-order valence-electron chi connectivity index (χ2n) is 4.09. The summed E-state index contributed by atoms with van der Waals surface area (Å²) in [6, 6.07) is 4.94. The Labute approximate surface area is 95.0 Å². The molecule has 0 saturated heterocycles. The fourth-order valence-corrected chi connectivity index (χ4v) is 1.03. The summed E-state index contributed by atoms with van der Waals surface area (Å²) in [6.45, 7) is 4.19. The molecule has 0 unspecified atom stereocenters. The van der Waals surface area contributed by atoms with Crippen molar-refractivity contribution in [2.24, 2.45) is 0 Å². The first-order chi connectivity index (χ1) is 7.44. The standard InChI is InChI=1S/C11H17N3O2/c1-11(2,16-3)7-13-10(15)8-5-4-6-9(12)14-8/h4-6H,7H2,1-3H3,(H2,12,14)(H,13,15). The van der Waals surface area contributed by atoms with Gasteiger partial charge in [-0.15, -0.1) is 0 Å². The summed E-state index contributed by atoms with van der Waals surface area (Å²) in [5, 5.41) is 2.74. The van der Waals surface area contributed by atoms with Crippen molar-refractivity contribution in [3.63, 3.8) is 0 Å². The number of nitrogen functional groups attached to an aromatic ring is 1. The number of anilines is 1. The molecule has 0 bridgehead atoms. The number of hydrogen-bond donors (Lipinski definition) is 2. The molecule has 0 aliphatic heterocycles. The Hall–Kier alpha value is -1.62. The minimum atomic E-state index is -0.393. The predicted octanol–water partition coefficient (Wildman–Crippen LogP) is 0.819. The number of carbonyl (C=O) groups excluding carboxylic acids is 1. The maximum Gasteiger partial charge on any atom is 0.270 e. The number of hydrogen-bond acceptors (Lipinski definition) is 4. The van der Waals surface area contributed by atoms with E-state index in [9.17, 15) is 4.79 Å². The molecule has 0 aliphatic carbocycles.